The molecule has 0 aliphatic rings. The predicted octanol–water partition coefficient (Wildman–Crippen LogP) is 2.12. The second-order valence-electron chi connectivity index (χ2n) is 3.95. The molecule has 0 aromatic heterocycles. The average Bonchev–Trinajstić information content (AvgIpc) is 2.27. The Labute approximate surface area is 97.4 Å². The quantitative estimate of drug-likeness (QED) is 0.776. The normalized spacial score (nSPS) is 14.5. The van der Waals surface area contributed by atoms with E-state index in [1.165, 1.54) is 0 Å². The summed E-state index contributed by atoms with van der Waals surface area (Å²) in [7, 11) is 0. The van der Waals surface area contributed by atoms with E-state index in [4.69, 9.17) is 4.74 Å². The van der Waals surface area contributed by atoms with Crippen LogP contribution < -0.4 is 10.1 Å². The van der Waals surface area contributed by atoms with Crippen LogP contribution in [0.15, 0.2) is 24.3 Å². The van der Waals surface area contributed by atoms with Crippen molar-refractivity contribution in [1.82, 2.24) is 5.32 Å². The van der Waals surface area contributed by atoms with Crippen LogP contribution in [0.3, 0.4) is 0 Å². The topological polar surface area (TPSA) is 41.5 Å². The molecule has 2 unspecified atom stereocenters. The maximum Gasteiger partial charge on any atom is 0.124 e. The third-order valence-electron chi connectivity index (χ3n) is 2.40. The van der Waals surface area contributed by atoms with Crippen molar-refractivity contribution in [2.45, 2.75) is 32.9 Å². The highest BCUT2D eigenvalue weighted by atomic mass is 16.5. The van der Waals surface area contributed by atoms with Crippen molar-refractivity contribution in [3.8, 4) is 5.75 Å². The van der Waals surface area contributed by atoms with E-state index in [9.17, 15) is 5.11 Å². The zero-order valence-corrected chi connectivity index (χ0v) is 10.2. The van der Waals surface area contributed by atoms with Gasteiger partial charge >= 0.3 is 0 Å². The van der Waals surface area contributed by atoms with E-state index in [1.54, 1.807) is 6.92 Å². The highest BCUT2D eigenvalue weighted by molar-refractivity contribution is 5.35. The summed E-state index contributed by atoms with van der Waals surface area (Å²) in [4.78, 5) is 0. The number of rotatable bonds is 6. The molecule has 90 valence electrons. The Morgan fingerprint density at radius 1 is 1.31 bits per heavy atom. The lowest BCUT2D eigenvalue weighted by atomic mass is 10.1. The van der Waals surface area contributed by atoms with Gasteiger partial charge in [0, 0.05) is 18.2 Å². The summed E-state index contributed by atoms with van der Waals surface area (Å²) < 4.78 is 5.56. The first-order chi connectivity index (χ1) is 7.65. The molecule has 3 nitrogen and oxygen atoms in total. The molecule has 0 aliphatic heterocycles. The van der Waals surface area contributed by atoms with E-state index in [1.807, 2.05) is 31.2 Å². The van der Waals surface area contributed by atoms with Crippen LogP contribution >= 0.6 is 0 Å². The molecule has 1 aromatic carbocycles. The van der Waals surface area contributed by atoms with Gasteiger partial charge in [0.1, 0.15) is 5.75 Å². The van der Waals surface area contributed by atoms with Crippen molar-refractivity contribution in [3.05, 3.63) is 29.8 Å². The number of ether oxygens (including phenoxy) is 1. The second kappa shape index (κ2) is 6.51. The Kier molecular flexibility index (Phi) is 5.29. The number of aliphatic hydroxyl groups excluding tert-OH is 1. The van der Waals surface area contributed by atoms with Crippen molar-refractivity contribution < 1.29 is 9.84 Å². The number of aliphatic hydroxyl groups is 1. The molecule has 0 spiro atoms. The molecule has 1 rings (SSSR count). The largest absolute Gasteiger partial charge is 0.494 e. The van der Waals surface area contributed by atoms with Crippen molar-refractivity contribution in [2.24, 2.45) is 0 Å². The van der Waals surface area contributed by atoms with Crippen LogP contribution in [0.4, 0.5) is 0 Å². The fourth-order valence-corrected chi connectivity index (χ4v) is 1.58. The Balaban J connectivity index is 2.69. The molecule has 0 heterocycles. The van der Waals surface area contributed by atoms with Gasteiger partial charge in [-0.15, -0.1) is 0 Å². The van der Waals surface area contributed by atoms with Crippen LogP contribution in [0, 0.1) is 0 Å². The Bertz CT molecular complexity index is 313. The van der Waals surface area contributed by atoms with Crippen molar-refractivity contribution in [3.63, 3.8) is 0 Å². The number of hydrogen-bond acceptors (Lipinski definition) is 3. The maximum absolute atomic E-state index is 9.23. The van der Waals surface area contributed by atoms with E-state index in [2.05, 4.69) is 12.2 Å². The smallest absolute Gasteiger partial charge is 0.124 e. The van der Waals surface area contributed by atoms with Gasteiger partial charge in [-0.2, -0.15) is 0 Å². The molecule has 16 heavy (non-hydrogen) atoms. The first-order valence-corrected chi connectivity index (χ1v) is 5.78. The van der Waals surface area contributed by atoms with Gasteiger partial charge in [-0.25, -0.2) is 0 Å². The number of benzene rings is 1. The van der Waals surface area contributed by atoms with E-state index >= 15 is 0 Å². The Hall–Kier alpha value is -1.06. The number of nitrogens with one attached hydrogen (secondary N) is 1. The van der Waals surface area contributed by atoms with E-state index in [0.29, 0.717) is 13.2 Å². The van der Waals surface area contributed by atoms with Crippen LogP contribution in [0.1, 0.15) is 32.4 Å². The van der Waals surface area contributed by atoms with Crippen LogP contribution in [0.25, 0.3) is 0 Å². The predicted molar refractivity (Wildman–Crippen MR) is 65.7 cm³/mol. The molecule has 1 aromatic rings. The van der Waals surface area contributed by atoms with Crippen molar-refractivity contribution >= 4 is 0 Å². The summed E-state index contributed by atoms with van der Waals surface area (Å²) >= 11 is 0. The summed E-state index contributed by atoms with van der Waals surface area (Å²) in [5.74, 6) is 0.913. The summed E-state index contributed by atoms with van der Waals surface area (Å²) in [6.45, 7) is 7.07. The van der Waals surface area contributed by atoms with E-state index in [-0.39, 0.29) is 12.1 Å². The van der Waals surface area contributed by atoms with Crippen LogP contribution in [-0.2, 0) is 0 Å². The first-order valence-electron chi connectivity index (χ1n) is 5.78. The highest BCUT2D eigenvalue weighted by Crippen LogP contribution is 2.24. The van der Waals surface area contributed by atoms with Gasteiger partial charge in [0.05, 0.1) is 12.7 Å². The van der Waals surface area contributed by atoms with Gasteiger partial charge < -0.3 is 15.2 Å². The Morgan fingerprint density at radius 3 is 2.62 bits per heavy atom. The van der Waals surface area contributed by atoms with Gasteiger partial charge in [0.15, 0.2) is 0 Å². The molecular weight excluding hydrogens is 202 g/mol. The van der Waals surface area contributed by atoms with Gasteiger partial charge in [0.25, 0.3) is 0 Å². The molecule has 2 N–H and O–H groups in total. The lowest BCUT2D eigenvalue weighted by Crippen LogP contribution is -2.27. The van der Waals surface area contributed by atoms with Gasteiger partial charge in [-0.05, 0) is 26.8 Å². The SMILES string of the molecule is CCOc1ccccc1C(C)NCC(C)O. The molecule has 0 bridgehead atoms. The number of para-hydroxylation sites is 1. The Morgan fingerprint density at radius 2 is 2.00 bits per heavy atom. The summed E-state index contributed by atoms with van der Waals surface area (Å²) in [6, 6.07) is 8.16. The minimum Gasteiger partial charge on any atom is -0.494 e. The van der Waals surface area contributed by atoms with Crippen molar-refractivity contribution in [1.29, 1.82) is 0 Å². The standard InChI is InChI=1S/C13H21NO2/c1-4-16-13-8-6-5-7-12(13)11(3)14-9-10(2)15/h5-8,10-11,14-15H,4,9H2,1-3H3. The zero-order chi connectivity index (χ0) is 12.0. The van der Waals surface area contributed by atoms with E-state index in [0.717, 1.165) is 11.3 Å². The van der Waals surface area contributed by atoms with Gasteiger partial charge in [-0.1, -0.05) is 18.2 Å². The summed E-state index contributed by atoms with van der Waals surface area (Å²) in [5, 5.41) is 12.5. The van der Waals surface area contributed by atoms with E-state index < -0.39 is 0 Å². The number of hydrogen-bond donors (Lipinski definition) is 2. The lowest BCUT2D eigenvalue weighted by molar-refractivity contribution is 0.187. The fourth-order valence-electron chi connectivity index (χ4n) is 1.58. The molecule has 2 atom stereocenters. The summed E-state index contributed by atoms with van der Waals surface area (Å²) in [6.07, 6.45) is -0.332. The lowest BCUT2D eigenvalue weighted by Gasteiger charge is -2.18. The summed E-state index contributed by atoms with van der Waals surface area (Å²) in [5.41, 5.74) is 1.13. The minimum atomic E-state index is -0.332. The zero-order valence-electron chi connectivity index (χ0n) is 10.2. The second-order valence-corrected chi connectivity index (χ2v) is 3.95. The third-order valence-corrected chi connectivity index (χ3v) is 2.40. The van der Waals surface area contributed by atoms with Crippen LogP contribution in [0.5, 0.6) is 5.75 Å². The first kappa shape index (κ1) is 13.0. The highest BCUT2D eigenvalue weighted by Gasteiger charge is 2.10. The average molecular weight is 223 g/mol. The van der Waals surface area contributed by atoms with Crippen molar-refractivity contribution in [2.75, 3.05) is 13.2 Å². The molecular formula is C13H21NO2. The van der Waals surface area contributed by atoms with Crippen LogP contribution in [0.2, 0.25) is 0 Å². The fraction of sp³-hybridized carbons (Fsp3) is 0.538. The maximum atomic E-state index is 9.23. The molecule has 0 saturated heterocycles. The molecule has 0 amide bonds. The van der Waals surface area contributed by atoms with Crippen LogP contribution in [-0.4, -0.2) is 24.4 Å². The monoisotopic (exact) mass is 223 g/mol. The van der Waals surface area contributed by atoms with Gasteiger partial charge in [-0.3, -0.25) is 0 Å². The molecule has 0 radical (unpaired) electrons. The molecule has 0 fully saturated rings. The molecule has 3 heteroatoms. The van der Waals surface area contributed by atoms with Gasteiger partial charge in [0.2, 0.25) is 0 Å². The minimum absolute atomic E-state index is 0.178. The molecule has 0 saturated carbocycles. The third kappa shape index (κ3) is 3.83. The molecule has 0 aliphatic carbocycles.